The van der Waals surface area contributed by atoms with Crippen molar-refractivity contribution >= 4 is 11.8 Å². The van der Waals surface area contributed by atoms with Gasteiger partial charge in [0.1, 0.15) is 5.70 Å². The maximum absolute atomic E-state index is 11.5. The molecule has 0 saturated carbocycles. The number of hydrogen-bond acceptors (Lipinski definition) is 4. The number of nitrogens with zero attached hydrogens (tertiary/aromatic N) is 2. The van der Waals surface area contributed by atoms with E-state index in [2.05, 4.69) is 5.32 Å². The van der Waals surface area contributed by atoms with Crippen molar-refractivity contribution in [2.75, 3.05) is 28.2 Å². The summed E-state index contributed by atoms with van der Waals surface area (Å²) in [4.78, 5) is 25.5. The molecule has 14 heavy (non-hydrogen) atoms. The zero-order valence-electron chi connectivity index (χ0n) is 9.29. The fourth-order valence-electron chi connectivity index (χ4n) is 0.846. The average molecular weight is 199 g/mol. The number of carbonyl (C=O) groups is 2. The van der Waals surface area contributed by atoms with E-state index >= 15 is 0 Å². The van der Waals surface area contributed by atoms with Crippen molar-refractivity contribution in [1.29, 1.82) is 0 Å². The molecule has 0 atom stereocenters. The molecule has 1 N–H and O–H groups in total. The van der Waals surface area contributed by atoms with Crippen LogP contribution in [0.3, 0.4) is 0 Å². The van der Waals surface area contributed by atoms with Crippen LogP contribution in [0.2, 0.25) is 0 Å². The topological polar surface area (TPSA) is 52.7 Å². The molecule has 0 bridgehead atoms. The largest absolute Gasteiger partial charge is 0.382 e. The van der Waals surface area contributed by atoms with E-state index in [-0.39, 0.29) is 5.91 Å². The molecule has 5 heteroatoms. The SMILES string of the molecule is CC(=O)NC(=O)C(=CN(C)C)N(C)C. The molecule has 0 aromatic carbocycles. The Kier molecular flexibility index (Phi) is 4.69. The Labute approximate surface area is 84.4 Å². The summed E-state index contributed by atoms with van der Waals surface area (Å²) in [6, 6.07) is 0. The molecule has 0 aromatic rings. The first kappa shape index (κ1) is 12.5. The Morgan fingerprint density at radius 1 is 1.14 bits per heavy atom. The first-order valence-electron chi connectivity index (χ1n) is 4.22. The molecule has 0 fully saturated rings. The Morgan fingerprint density at radius 2 is 1.64 bits per heavy atom. The number of hydrogen-bond donors (Lipinski definition) is 1. The smallest absolute Gasteiger partial charge is 0.275 e. The molecule has 0 unspecified atom stereocenters. The summed E-state index contributed by atoms with van der Waals surface area (Å²) in [5.41, 5.74) is 0.435. The van der Waals surface area contributed by atoms with E-state index in [4.69, 9.17) is 0 Å². The summed E-state index contributed by atoms with van der Waals surface area (Å²) in [7, 11) is 7.11. The monoisotopic (exact) mass is 199 g/mol. The lowest BCUT2D eigenvalue weighted by Gasteiger charge is -2.18. The summed E-state index contributed by atoms with van der Waals surface area (Å²) in [6.07, 6.45) is 1.65. The Hall–Kier alpha value is -1.52. The summed E-state index contributed by atoms with van der Waals surface area (Å²) < 4.78 is 0. The third-order valence-electron chi connectivity index (χ3n) is 1.38. The lowest BCUT2D eigenvalue weighted by molar-refractivity contribution is -0.127. The molecule has 0 aliphatic heterocycles. The third kappa shape index (κ3) is 4.49. The molecule has 0 aromatic heterocycles. The zero-order chi connectivity index (χ0) is 11.3. The summed E-state index contributed by atoms with van der Waals surface area (Å²) in [5, 5.41) is 2.22. The van der Waals surface area contributed by atoms with Crippen LogP contribution < -0.4 is 5.32 Å². The van der Waals surface area contributed by atoms with Gasteiger partial charge in [0.25, 0.3) is 5.91 Å². The molecular formula is C9H17N3O2. The highest BCUT2D eigenvalue weighted by atomic mass is 16.2. The van der Waals surface area contributed by atoms with Crippen molar-refractivity contribution in [2.45, 2.75) is 6.92 Å². The van der Waals surface area contributed by atoms with E-state index in [1.165, 1.54) is 6.92 Å². The minimum atomic E-state index is -0.392. The number of likely N-dealkylation sites (N-methyl/N-ethyl adjacent to an activating group) is 1. The second-order valence-corrected chi connectivity index (χ2v) is 3.38. The molecule has 5 nitrogen and oxygen atoms in total. The van der Waals surface area contributed by atoms with E-state index in [9.17, 15) is 9.59 Å². The van der Waals surface area contributed by atoms with Gasteiger partial charge >= 0.3 is 0 Å². The van der Waals surface area contributed by atoms with Crippen molar-refractivity contribution in [3.8, 4) is 0 Å². The van der Waals surface area contributed by atoms with E-state index in [0.29, 0.717) is 5.70 Å². The summed E-state index contributed by atoms with van der Waals surface area (Å²) in [5.74, 6) is -0.752. The molecule has 0 aliphatic carbocycles. The highest BCUT2D eigenvalue weighted by Gasteiger charge is 2.12. The van der Waals surface area contributed by atoms with Crippen molar-refractivity contribution < 1.29 is 9.59 Å². The average Bonchev–Trinajstić information content (AvgIpc) is 1.97. The normalized spacial score (nSPS) is 10.8. The standard InChI is InChI=1S/C9H17N3O2/c1-7(13)10-9(14)8(12(4)5)6-11(2)3/h6H,1-5H3,(H,10,13,14). The van der Waals surface area contributed by atoms with Gasteiger partial charge in [0.15, 0.2) is 0 Å². The fourth-order valence-corrected chi connectivity index (χ4v) is 0.846. The number of nitrogens with one attached hydrogen (secondary N) is 1. The van der Waals surface area contributed by atoms with Crippen molar-refractivity contribution in [2.24, 2.45) is 0 Å². The van der Waals surface area contributed by atoms with Gasteiger partial charge in [-0.05, 0) is 0 Å². The van der Waals surface area contributed by atoms with Crippen LogP contribution in [0.25, 0.3) is 0 Å². The number of carbonyl (C=O) groups excluding carboxylic acids is 2. The molecule has 0 rings (SSSR count). The molecular weight excluding hydrogens is 182 g/mol. The van der Waals surface area contributed by atoms with Crippen molar-refractivity contribution in [3.05, 3.63) is 11.9 Å². The van der Waals surface area contributed by atoms with Crippen LogP contribution in [0.4, 0.5) is 0 Å². The van der Waals surface area contributed by atoms with Gasteiger partial charge in [-0.25, -0.2) is 0 Å². The lowest BCUT2D eigenvalue weighted by atomic mass is 10.4. The molecule has 0 saturated heterocycles. The second kappa shape index (κ2) is 5.26. The first-order valence-corrected chi connectivity index (χ1v) is 4.22. The summed E-state index contributed by atoms with van der Waals surface area (Å²) in [6.45, 7) is 1.31. The van der Waals surface area contributed by atoms with Gasteiger partial charge in [0, 0.05) is 41.3 Å². The molecule has 0 heterocycles. The van der Waals surface area contributed by atoms with E-state index in [1.54, 1.807) is 30.1 Å². The maximum Gasteiger partial charge on any atom is 0.275 e. The fraction of sp³-hybridized carbons (Fsp3) is 0.556. The van der Waals surface area contributed by atoms with Crippen LogP contribution in [0.5, 0.6) is 0 Å². The van der Waals surface area contributed by atoms with Gasteiger partial charge in [-0.1, -0.05) is 0 Å². The van der Waals surface area contributed by atoms with Gasteiger partial charge < -0.3 is 9.80 Å². The van der Waals surface area contributed by atoms with Crippen LogP contribution in [0.1, 0.15) is 6.92 Å². The number of rotatable bonds is 3. The van der Waals surface area contributed by atoms with Crippen LogP contribution in [-0.2, 0) is 9.59 Å². The minimum Gasteiger partial charge on any atom is -0.382 e. The zero-order valence-corrected chi connectivity index (χ0v) is 9.29. The molecule has 2 amide bonds. The van der Waals surface area contributed by atoms with E-state index in [0.717, 1.165) is 0 Å². The predicted octanol–water partition coefficient (Wildman–Crippen LogP) is -0.386. The first-order chi connectivity index (χ1) is 6.34. The number of imide groups is 1. The van der Waals surface area contributed by atoms with Gasteiger partial charge in [-0.15, -0.1) is 0 Å². The van der Waals surface area contributed by atoms with Gasteiger partial charge in [0.05, 0.1) is 0 Å². The third-order valence-corrected chi connectivity index (χ3v) is 1.38. The highest BCUT2D eigenvalue weighted by molar-refractivity contribution is 6.03. The Morgan fingerprint density at radius 3 is 1.93 bits per heavy atom. The van der Waals surface area contributed by atoms with Gasteiger partial charge in [-0.2, -0.15) is 0 Å². The molecule has 0 aliphatic rings. The van der Waals surface area contributed by atoms with Crippen molar-refractivity contribution in [3.63, 3.8) is 0 Å². The number of amides is 2. The Balaban J connectivity index is 4.67. The van der Waals surface area contributed by atoms with Crippen LogP contribution in [0, 0.1) is 0 Å². The van der Waals surface area contributed by atoms with Crippen LogP contribution >= 0.6 is 0 Å². The minimum absolute atomic E-state index is 0.360. The summed E-state index contributed by atoms with van der Waals surface area (Å²) >= 11 is 0. The molecule has 0 radical (unpaired) electrons. The highest BCUT2D eigenvalue weighted by Crippen LogP contribution is 1.99. The van der Waals surface area contributed by atoms with Crippen molar-refractivity contribution in [1.82, 2.24) is 15.1 Å². The van der Waals surface area contributed by atoms with Gasteiger partial charge in [-0.3, -0.25) is 14.9 Å². The van der Waals surface area contributed by atoms with Gasteiger partial charge in [0.2, 0.25) is 5.91 Å². The van der Waals surface area contributed by atoms with Crippen LogP contribution in [-0.4, -0.2) is 49.8 Å². The van der Waals surface area contributed by atoms with E-state index < -0.39 is 5.91 Å². The molecule has 80 valence electrons. The molecule has 0 spiro atoms. The predicted molar refractivity (Wildman–Crippen MR) is 54.3 cm³/mol. The quantitative estimate of drug-likeness (QED) is 0.629. The maximum atomic E-state index is 11.5. The van der Waals surface area contributed by atoms with Crippen LogP contribution in [0.15, 0.2) is 11.9 Å². The van der Waals surface area contributed by atoms with E-state index in [1.807, 2.05) is 14.1 Å². The lowest BCUT2D eigenvalue weighted by Crippen LogP contribution is -2.35. The Bertz CT molecular complexity index is 257. The second-order valence-electron chi connectivity index (χ2n) is 3.38.